The highest BCUT2D eigenvalue weighted by Gasteiger charge is 2.28. The first-order valence-electron chi connectivity index (χ1n) is 4.89. The number of nitrogens with one attached hydrogen (secondary N) is 1. The summed E-state index contributed by atoms with van der Waals surface area (Å²) < 4.78 is 38.2. The van der Waals surface area contributed by atoms with Crippen LogP contribution in [0.5, 0.6) is 0 Å². The Kier molecular flexibility index (Phi) is 6.92. The Labute approximate surface area is 82.8 Å². The maximum Gasteiger partial charge on any atom is 0.522 e. The van der Waals surface area contributed by atoms with Crippen molar-refractivity contribution in [2.75, 3.05) is 13.2 Å². The van der Waals surface area contributed by atoms with E-state index in [0.717, 1.165) is 19.3 Å². The average Bonchev–Trinajstić information content (AvgIpc) is 2.07. The zero-order valence-electron chi connectivity index (χ0n) is 8.66. The molecule has 0 aliphatic heterocycles. The molecule has 0 radical (unpaired) electrons. The van der Waals surface area contributed by atoms with Gasteiger partial charge in [-0.05, 0) is 13.3 Å². The van der Waals surface area contributed by atoms with Crippen molar-refractivity contribution >= 4 is 0 Å². The van der Waals surface area contributed by atoms with Crippen LogP contribution < -0.4 is 5.32 Å². The third kappa shape index (κ3) is 9.80. The summed E-state index contributed by atoms with van der Waals surface area (Å²) in [5.74, 6) is 0. The predicted molar refractivity (Wildman–Crippen MR) is 49.0 cm³/mol. The summed E-state index contributed by atoms with van der Waals surface area (Å²) in [6, 6.07) is 0.256. The lowest BCUT2D eigenvalue weighted by molar-refractivity contribution is -0.323. The Morgan fingerprint density at radius 1 is 1.36 bits per heavy atom. The number of alkyl halides is 3. The van der Waals surface area contributed by atoms with E-state index in [4.69, 9.17) is 0 Å². The molecule has 0 amide bonds. The second kappa shape index (κ2) is 7.06. The van der Waals surface area contributed by atoms with Crippen LogP contribution >= 0.6 is 0 Å². The van der Waals surface area contributed by atoms with E-state index in [1.54, 1.807) is 0 Å². The van der Waals surface area contributed by atoms with Crippen LogP contribution in [0, 0.1) is 0 Å². The molecule has 1 N–H and O–H groups in total. The number of hydrogen-bond acceptors (Lipinski definition) is 2. The lowest BCUT2D eigenvalue weighted by atomic mass is 10.1. The minimum atomic E-state index is -4.51. The maximum atomic E-state index is 11.5. The number of unbranched alkanes of at least 4 members (excludes halogenated alkanes) is 1. The van der Waals surface area contributed by atoms with E-state index >= 15 is 0 Å². The second-order valence-corrected chi connectivity index (χ2v) is 3.29. The summed E-state index contributed by atoms with van der Waals surface area (Å²) in [5.41, 5.74) is 0. The fourth-order valence-electron chi connectivity index (χ4n) is 1.08. The van der Waals surface area contributed by atoms with Crippen molar-refractivity contribution in [3.8, 4) is 0 Å². The van der Waals surface area contributed by atoms with Gasteiger partial charge in [0.2, 0.25) is 0 Å². The van der Waals surface area contributed by atoms with Crippen LogP contribution in [0.1, 0.15) is 33.1 Å². The molecule has 0 rings (SSSR count). The number of halogens is 3. The van der Waals surface area contributed by atoms with E-state index in [2.05, 4.69) is 17.0 Å². The number of ether oxygens (including phenoxy) is 1. The van der Waals surface area contributed by atoms with Gasteiger partial charge in [-0.25, -0.2) is 0 Å². The SMILES string of the molecule is CCCCC(C)NCCOC(F)(F)F. The molecule has 0 fully saturated rings. The van der Waals surface area contributed by atoms with E-state index in [0.29, 0.717) is 0 Å². The third-order valence-corrected chi connectivity index (χ3v) is 1.85. The van der Waals surface area contributed by atoms with E-state index in [9.17, 15) is 13.2 Å². The van der Waals surface area contributed by atoms with E-state index < -0.39 is 6.36 Å². The first kappa shape index (κ1) is 13.7. The zero-order valence-corrected chi connectivity index (χ0v) is 8.66. The van der Waals surface area contributed by atoms with Crippen molar-refractivity contribution in [3.05, 3.63) is 0 Å². The summed E-state index contributed by atoms with van der Waals surface area (Å²) in [5, 5.41) is 2.96. The largest absolute Gasteiger partial charge is 0.522 e. The molecule has 86 valence electrons. The molecule has 5 heteroatoms. The van der Waals surface area contributed by atoms with Gasteiger partial charge in [0.1, 0.15) is 0 Å². The van der Waals surface area contributed by atoms with Gasteiger partial charge in [0, 0.05) is 12.6 Å². The van der Waals surface area contributed by atoms with Crippen molar-refractivity contribution in [1.82, 2.24) is 5.32 Å². The number of rotatable bonds is 7. The summed E-state index contributed by atoms with van der Waals surface area (Å²) in [6.45, 7) is 3.97. The molecule has 0 aromatic rings. The molecular weight excluding hydrogens is 195 g/mol. The van der Waals surface area contributed by atoms with Crippen LogP contribution in [0.2, 0.25) is 0 Å². The highest BCUT2D eigenvalue weighted by atomic mass is 19.4. The predicted octanol–water partition coefficient (Wildman–Crippen LogP) is 2.69. The van der Waals surface area contributed by atoms with Crippen LogP contribution in [0.15, 0.2) is 0 Å². The van der Waals surface area contributed by atoms with Gasteiger partial charge >= 0.3 is 6.36 Å². The highest BCUT2D eigenvalue weighted by molar-refractivity contribution is 4.59. The second-order valence-electron chi connectivity index (χ2n) is 3.29. The molecule has 0 spiro atoms. The normalized spacial score (nSPS) is 14.4. The molecule has 0 aliphatic rings. The van der Waals surface area contributed by atoms with E-state index in [-0.39, 0.29) is 19.2 Å². The Morgan fingerprint density at radius 2 is 2.00 bits per heavy atom. The molecule has 0 aromatic heterocycles. The molecule has 0 heterocycles. The Morgan fingerprint density at radius 3 is 2.50 bits per heavy atom. The van der Waals surface area contributed by atoms with Gasteiger partial charge in [-0.2, -0.15) is 0 Å². The standard InChI is InChI=1S/C9H18F3NO/c1-3-4-5-8(2)13-6-7-14-9(10,11)12/h8,13H,3-7H2,1-2H3. The van der Waals surface area contributed by atoms with Crippen molar-refractivity contribution in [1.29, 1.82) is 0 Å². The smallest absolute Gasteiger partial charge is 0.312 e. The molecule has 14 heavy (non-hydrogen) atoms. The maximum absolute atomic E-state index is 11.5. The van der Waals surface area contributed by atoms with Crippen LogP contribution in [-0.2, 0) is 4.74 Å². The minimum Gasteiger partial charge on any atom is -0.312 e. The third-order valence-electron chi connectivity index (χ3n) is 1.85. The summed E-state index contributed by atoms with van der Waals surface area (Å²) >= 11 is 0. The molecule has 1 atom stereocenters. The first-order valence-corrected chi connectivity index (χ1v) is 4.89. The molecule has 0 aromatic carbocycles. The van der Waals surface area contributed by atoms with E-state index in [1.807, 2.05) is 6.92 Å². The van der Waals surface area contributed by atoms with Crippen molar-refractivity contribution < 1.29 is 17.9 Å². The molecule has 0 bridgehead atoms. The summed E-state index contributed by atoms with van der Waals surface area (Å²) in [7, 11) is 0. The molecule has 0 aliphatic carbocycles. The first-order chi connectivity index (χ1) is 6.45. The molecule has 2 nitrogen and oxygen atoms in total. The monoisotopic (exact) mass is 213 g/mol. The average molecular weight is 213 g/mol. The van der Waals surface area contributed by atoms with E-state index in [1.165, 1.54) is 0 Å². The van der Waals surface area contributed by atoms with Gasteiger partial charge in [0.05, 0.1) is 6.61 Å². The van der Waals surface area contributed by atoms with Gasteiger partial charge in [-0.1, -0.05) is 19.8 Å². The topological polar surface area (TPSA) is 21.3 Å². The van der Waals surface area contributed by atoms with Crippen molar-refractivity contribution in [2.24, 2.45) is 0 Å². The van der Waals surface area contributed by atoms with Crippen molar-refractivity contribution in [2.45, 2.75) is 45.5 Å². The Hall–Kier alpha value is -0.290. The lowest BCUT2D eigenvalue weighted by Gasteiger charge is -2.13. The van der Waals surface area contributed by atoms with Crippen LogP contribution in [0.25, 0.3) is 0 Å². The van der Waals surface area contributed by atoms with Crippen LogP contribution in [0.4, 0.5) is 13.2 Å². The number of hydrogen-bond donors (Lipinski definition) is 1. The highest BCUT2D eigenvalue weighted by Crippen LogP contribution is 2.15. The minimum absolute atomic E-state index is 0.240. The van der Waals surface area contributed by atoms with Gasteiger partial charge in [-0.15, -0.1) is 13.2 Å². The molecular formula is C9H18F3NO. The fraction of sp³-hybridized carbons (Fsp3) is 1.00. The molecule has 1 unspecified atom stereocenters. The Bertz CT molecular complexity index is 139. The van der Waals surface area contributed by atoms with Gasteiger partial charge in [-0.3, -0.25) is 4.74 Å². The van der Waals surface area contributed by atoms with Crippen LogP contribution in [0.3, 0.4) is 0 Å². The quantitative estimate of drug-likeness (QED) is 0.656. The molecule has 0 saturated heterocycles. The van der Waals surface area contributed by atoms with Gasteiger partial charge in [0.25, 0.3) is 0 Å². The van der Waals surface area contributed by atoms with Crippen molar-refractivity contribution in [3.63, 3.8) is 0 Å². The van der Waals surface area contributed by atoms with Crippen LogP contribution in [-0.4, -0.2) is 25.6 Å². The fourth-order valence-corrected chi connectivity index (χ4v) is 1.08. The lowest BCUT2D eigenvalue weighted by Crippen LogP contribution is -2.31. The molecule has 0 saturated carbocycles. The summed E-state index contributed by atoms with van der Waals surface area (Å²) in [6.07, 6.45) is -1.32. The van der Waals surface area contributed by atoms with Gasteiger partial charge in [0.15, 0.2) is 0 Å². The summed E-state index contributed by atoms with van der Waals surface area (Å²) in [4.78, 5) is 0. The Balaban J connectivity index is 3.27. The van der Waals surface area contributed by atoms with Gasteiger partial charge < -0.3 is 5.32 Å². The zero-order chi connectivity index (χ0) is 11.0.